The standard InChI is InChI=1S/C17H33NO/c1-13-5-6-15(11-14(13)2)19-17(12-18)9-7-16(3,4)8-10-17/h13-15H,5-12,18H2,1-4H3. The summed E-state index contributed by atoms with van der Waals surface area (Å²) >= 11 is 0. The average Bonchev–Trinajstić information content (AvgIpc) is 2.37. The second-order valence-corrected chi connectivity index (χ2v) is 8.06. The summed E-state index contributed by atoms with van der Waals surface area (Å²) in [5.74, 6) is 1.66. The molecule has 2 N–H and O–H groups in total. The first kappa shape index (κ1) is 15.3. The van der Waals surface area contributed by atoms with Crippen LogP contribution in [0.2, 0.25) is 0 Å². The molecule has 0 amide bonds. The van der Waals surface area contributed by atoms with E-state index in [9.17, 15) is 0 Å². The summed E-state index contributed by atoms with van der Waals surface area (Å²) in [7, 11) is 0. The molecule has 19 heavy (non-hydrogen) atoms. The maximum absolute atomic E-state index is 6.56. The molecule has 0 spiro atoms. The van der Waals surface area contributed by atoms with Crippen LogP contribution in [-0.2, 0) is 4.74 Å². The molecular formula is C17H33NO. The first-order valence-electron chi connectivity index (χ1n) is 8.24. The normalized spacial score (nSPS) is 38.1. The molecule has 2 aliphatic carbocycles. The lowest BCUT2D eigenvalue weighted by atomic mass is 9.70. The second kappa shape index (κ2) is 5.73. The first-order valence-corrected chi connectivity index (χ1v) is 8.24. The maximum atomic E-state index is 6.56. The molecule has 0 aromatic carbocycles. The van der Waals surface area contributed by atoms with E-state index in [-0.39, 0.29) is 5.60 Å². The van der Waals surface area contributed by atoms with E-state index in [1.807, 2.05) is 0 Å². The molecule has 2 aliphatic rings. The Hall–Kier alpha value is -0.0800. The smallest absolute Gasteiger partial charge is 0.0808 e. The van der Waals surface area contributed by atoms with Crippen molar-refractivity contribution >= 4 is 0 Å². The van der Waals surface area contributed by atoms with Gasteiger partial charge in [-0.3, -0.25) is 0 Å². The SMILES string of the molecule is CC1CCC(OC2(CN)CCC(C)(C)CC2)CC1C. The fourth-order valence-electron chi connectivity index (χ4n) is 3.71. The highest BCUT2D eigenvalue weighted by atomic mass is 16.5. The topological polar surface area (TPSA) is 35.2 Å². The molecule has 2 heteroatoms. The lowest BCUT2D eigenvalue weighted by Gasteiger charge is -2.46. The molecule has 0 aromatic rings. The molecule has 0 aliphatic heterocycles. The number of nitrogens with two attached hydrogens (primary N) is 1. The van der Waals surface area contributed by atoms with Crippen molar-refractivity contribution in [1.82, 2.24) is 0 Å². The summed E-state index contributed by atoms with van der Waals surface area (Å²) in [5.41, 5.74) is 6.55. The van der Waals surface area contributed by atoms with Crippen molar-refractivity contribution in [2.75, 3.05) is 6.54 Å². The highest BCUT2D eigenvalue weighted by Crippen LogP contribution is 2.43. The van der Waals surface area contributed by atoms with Gasteiger partial charge in [-0.2, -0.15) is 0 Å². The third-order valence-electron chi connectivity index (χ3n) is 5.85. The largest absolute Gasteiger partial charge is 0.370 e. The molecule has 3 unspecified atom stereocenters. The van der Waals surface area contributed by atoms with Crippen LogP contribution in [0.1, 0.15) is 72.6 Å². The summed E-state index contributed by atoms with van der Waals surface area (Å²) in [6.45, 7) is 10.2. The van der Waals surface area contributed by atoms with Gasteiger partial charge >= 0.3 is 0 Å². The van der Waals surface area contributed by atoms with E-state index in [2.05, 4.69) is 27.7 Å². The van der Waals surface area contributed by atoms with Crippen LogP contribution in [0, 0.1) is 17.3 Å². The number of ether oxygens (including phenoxy) is 1. The van der Waals surface area contributed by atoms with Crippen LogP contribution < -0.4 is 5.73 Å². The Morgan fingerprint density at radius 1 is 1.00 bits per heavy atom. The molecule has 0 radical (unpaired) electrons. The summed E-state index contributed by atoms with van der Waals surface area (Å²) < 4.78 is 6.56. The Morgan fingerprint density at radius 2 is 1.63 bits per heavy atom. The molecule has 0 saturated heterocycles. The molecule has 2 rings (SSSR count). The third kappa shape index (κ3) is 3.72. The highest BCUT2D eigenvalue weighted by molar-refractivity contribution is 4.93. The first-order chi connectivity index (χ1) is 8.86. The summed E-state index contributed by atoms with van der Waals surface area (Å²) in [4.78, 5) is 0. The van der Waals surface area contributed by atoms with Gasteiger partial charge in [0.15, 0.2) is 0 Å². The maximum Gasteiger partial charge on any atom is 0.0808 e. The zero-order valence-corrected chi connectivity index (χ0v) is 13.4. The van der Waals surface area contributed by atoms with E-state index in [1.165, 1.54) is 32.1 Å². The Balaban J connectivity index is 1.92. The summed E-state index contributed by atoms with van der Waals surface area (Å²) in [6, 6.07) is 0. The quantitative estimate of drug-likeness (QED) is 0.834. The van der Waals surface area contributed by atoms with Gasteiger partial charge in [0, 0.05) is 6.54 Å². The minimum absolute atomic E-state index is 0.0134. The molecular weight excluding hydrogens is 234 g/mol. The second-order valence-electron chi connectivity index (χ2n) is 8.06. The van der Waals surface area contributed by atoms with E-state index < -0.39 is 0 Å². The van der Waals surface area contributed by atoms with Gasteiger partial charge in [-0.15, -0.1) is 0 Å². The van der Waals surface area contributed by atoms with E-state index in [4.69, 9.17) is 10.5 Å². The van der Waals surface area contributed by atoms with Crippen LogP contribution in [0.5, 0.6) is 0 Å². The third-order valence-corrected chi connectivity index (χ3v) is 5.85. The van der Waals surface area contributed by atoms with Gasteiger partial charge in [-0.05, 0) is 62.2 Å². The lowest BCUT2D eigenvalue weighted by molar-refractivity contribution is -0.137. The predicted molar refractivity (Wildman–Crippen MR) is 81.1 cm³/mol. The van der Waals surface area contributed by atoms with Crippen LogP contribution in [0.4, 0.5) is 0 Å². The van der Waals surface area contributed by atoms with E-state index in [0.717, 1.165) is 24.7 Å². The van der Waals surface area contributed by atoms with Gasteiger partial charge in [-0.1, -0.05) is 27.7 Å². The Bertz CT molecular complexity index is 290. The van der Waals surface area contributed by atoms with Crippen molar-refractivity contribution in [3.63, 3.8) is 0 Å². The van der Waals surface area contributed by atoms with E-state index in [0.29, 0.717) is 18.1 Å². The van der Waals surface area contributed by atoms with Gasteiger partial charge in [0.05, 0.1) is 11.7 Å². The zero-order valence-electron chi connectivity index (χ0n) is 13.4. The molecule has 0 aromatic heterocycles. The zero-order chi connectivity index (χ0) is 14.1. The Morgan fingerprint density at radius 3 is 2.16 bits per heavy atom. The minimum Gasteiger partial charge on any atom is -0.370 e. The lowest BCUT2D eigenvalue weighted by Crippen LogP contribution is -2.48. The molecule has 2 nitrogen and oxygen atoms in total. The van der Waals surface area contributed by atoms with E-state index >= 15 is 0 Å². The monoisotopic (exact) mass is 267 g/mol. The molecule has 112 valence electrons. The number of hydrogen-bond donors (Lipinski definition) is 1. The summed E-state index contributed by atoms with van der Waals surface area (Å²) in [6.07, 6.45) is 9.04. The van der Waals surface area contributed by atoms with Gasteiger partial charge in [0.1, 0.15) is 0 Å². The summed E-state index contributed by atoms with van der Waals surface area (Å²) in [5, 5.41) is 0. The van der Waals surface area contributed by atoms with Crippen molar-refractivity contribution in [2.45, 2.75) is 84.3 Å². The van der Waals surface area contributed by atoms with Crippen LogP contribution in [0.15, 0.2) is 0 Å². The molecule has 2 fully saturated rings. The van der Waals surface area contributed by atoms with E-state index in [1.54, 1.807) is 0 Å². The van der Waals surface area contributed by atoms with Gasteiger partial charge < -0.3 is 10.5 Å². The minimum atomic E-state index is -0.0134. The highest BCUT2D eigenvalue weighted by Gasteiger charge is 2.40. The predicted octanol–water partition coefficient (Wildman–Crippen LogP) is 4.13. The van der Waals surface area contributed by atoms with Crippen molar-refractivity contribution in [2.24, 2.45) is 23.0 Å². The van der Waals surface area contributed by atoms with Gasteiger partial charge in [-0.25, -0.2) is 0 Å². The molecule has 2 saturated carbocycles. The fraction of sp³-hybridized carbons (Fsp3) is 1.00. The molecule has 3 atom stereocenters. The molecule has 0 bridgehead atoms. The van der Waals surface area contributed by atoms with Crippen molar-refractivity contribution in [3.8, 4) is 0 Å². The Kier molecular flexibility index (Phi) is 4.62. The van der Waals surface area contributed by atoms with Gasteiger partial charge in [0.2, 0.25) is 0 Å². The van der Waals surface area contributed by atoms with Gasteiger partial charge in [0.25, 0.3) is 0 Å². The molecule has 0 heterocycles. The van der Waals surface area contributed by atoms with Crippen LogP contribution >= 0.6 is 0 Å². The van der Waals surface area contributed by atoms with Crippen molar-refractivity contribution < 1.29 is 4.74 Å². The van der Waals surface area contributed by atoms with Crippen LogP contribution in [0.25, 0.3) is 0 Å². The Labute approximate surface area is 119 Å². The fourth-order valence-corrected chi connectivity index (χ4v) is 3.71. The van der Waals surface area contributed by atoms with Crippen molar-refractivity contribution in [3.05, 3.63) is 0 Å². The van der Waals surface area contributed by atoms with Crippen molar-refractivity contribution in [1.29, 1.82) is 0 Å². The number of rotatable bonds is 3. The number of hydrogen-bond acceptors (Lipinski definition) is 2. The van der Waals surface area contributed by atoms with Crippen LogP contribution in [-0.4, -0.2) is 18.2 Å². The average molecular weight is 267 g/mol. The van der Waals surface area contributed by atoms with Crippen LogP contribution in [0.3, 0.4) is 0 Å².